The molecule has 1 saturated heterocycles. The average Bonchev–Trinajstić information content (AvgIpc) is 2.90. The van der Waals surface area contributed by atoms with E-state index in [-0.39, 0.29) is 11.3 Å². The first kappa shape index (κ1) is 26.2. The van der Waals surface area contributed by atoms with Crippen molar-refractivity contribution in [1.29, 1.82) is 0 Å². The third-order valence-corrected chi connectivity index (χ3v) is 8.58. The van der Waals surface area contributed by atoms with Gasteiger partial charge >= 0.3 is 16.2 Å². The Kier molecular flexibility index (Phi) is 9.03. The highest BCUT2D eigenvalue weighted by Gasteiger charge is 2.28. The molecule has 1 aliphatic rings. The monoisotopic (exact) mass is 525 g/mol. The number of carbonyl (C=O) groups is 1. The quantitative estimate of drug-likeness (QED) is 0.314. The molecule has 1 aliphatic heterocycles. The smallest absolute Gasteiger partial charge is 0.340 e. The number of rotatable bonds is 10. The molecule has 0 radical (unpaired) electrons. The van der Waals surface area contributed by atoms with Gasteiger partial charge in [0.05, 0.1) is 18.4 Å². The summed E-state index contributed by atoms with van der Waals surface area (Å²) in [7, 11) is -2.53. The van der Waals surface area contributed by atoms with E-state index >= 15 is 0 Å². The number of piperazine rings is 1. The minimum absolute atomic E-state index is 0.202. The minimum Gasteiger partial charge on any atom is -0.465 e. The predicted molar refractivity (Wildman–Crippen MR) is 144 cm³/mol. The summed E-state index contributed by atoms with van der Waals surface area (Å²) in [6.07, 6.45) is 0.893. The number of carbonyl (C=O) groups excluding carboxylic acids is 1. The Balaban J connectivity index is 1.38. The van der Waals surface area contributed by atoms with Crippen molar-refractivity contribution in [3.63, 3.8) is 0 Å². The highest BCUT2D eigenvalue weighted by Crippen LogP contribution is 2.27. The Labute approximate surface area is 217 Å². The molecule has 0 aliphatic carbocycles. The van der Waals surface area contributed by atoms with E-state index in [1.807, 2.05) is 42.5 Å². The van der Waals surface area contributed by atoms with Gasteiger partial charge in [-0.1, -0.05) is 60.7 Å². The summed E-state index contributed by atoms with van der Waals surface area (Å²) in [5.74, 6) is 0.258. The van der Waals surface area contributed by atoms with Crippen LogP contribution in [-0.2, 0) is 27.9 Å². The van der Waals surface area contributed by atoms with Gasteiger partial charge in [0.15, 0.2) is 0 Å². The Morgan fingerprint density at radius 1 is 0.917 bits per heavy atom. The predicted octanol–water partition coefficient (Wildman–Crippen LogP) is 4.28. The molecule has 0 amide bonds. The summed E-state index contributed by atoms with van der Waals surface area (Å²) >= 11 is 1.61. The Bertz CT molecular complexity index is 1250. The van der Waals surface area contributed by atoms with Crippen LogP contribution in [-0.4, -0.2) is 62.6 Å². The lowest BCUT2D eigenvalue weighted by Gasteiger charge is -2.34. The van der Waals surface area contributed by atoms with Crippen LogP contribution >= 0.6 is 11.8 Å². The van der Waals surface area contributed by atoms with Crippen LogP contribution in [0.5, 0.6) is 0 Å². The molecule has 4 rings (SSSR count). The Morgan fingerprint density at radius 3 is 2.19 bits per heavy atom. The van der Waals surface area contributed by atoms with Gasteiger partial charge < -0.3 is 4.74 Å². The maximum absolute atomic E-state index is 13.1. The van der Waals surface area contributed by atoms with E-state index in [2.05, 4.69) is 33.9 Å². The maximum atomic E-state index is 13.1. The zero-order valence-corrected chi connectivity index (χ0v) is 21.9. The number of benzene rings is 3. The van der Waals surface area contributed by atoms with Crippen LogP contribution in [0, 0.1) is 0 Å². The van der Waals surface area contributed by atoms with Crippen LogP contribution in [0.3, 0.4) is 0 Å². The van der Waals surface area contributed by atoms with Gasteiger partial charge in [0.25, 0.3) is 0 Å². The van der Waals surface area contributed by atoms with Gasteiger partial charge in [0.2, 0.25) is 0 Å². The molecule has 3 aromatic carbocycles. The number of thioether (sulfide) groups is 1. The molecule has 0 saturated carbocycles. The highest BCUT2D eigenvalue weighted by molar-refractivity contribution is 7.99. The molecule has 0 aromatic heterocycles. The summed E-state index contributed by atoms with van der Waals surface area (Å²) in [6, 6.07) is 25.5. The highest BCUT2D eigenvalue weighted by atomic mass is 32.2. The molecule has 0 bridgehead atoms. The molecule has 1 fully saturated rings. The number of esters is 1. The van der Waals surface area contributed by atoms with Crippen molar-refractivity contribution in [3.05, 3.63) is 95.6 Å². The van der Waals surface area contributed by atoms with Crippen molar-refractivity contribution in [1.82, 2.24) is 9.21 Å². The number of anilines is 1. The van der Waals surface area contributed by atoms with Gasteiger partial charge in [-0.25, -0.2) is 4.79 Å². The van der Waals surface area contributed by atoms with Gasteiger partial charge in [0.1, 0.15) is 0 Å². The van der Waals surface area contributed by atoms with E-state index in [1.54, 1.807) is 23.9 Å². The normalized spacial score (nSPS) is 14.9. The fraction of sp³-hybridized carbons (Fsp3) is 0.296. The minimum atomic E-state index is -3.82. The number of hydrogen-bond donors (Lipinski definition) is 1. The number of aryl methyl sites for hydroxylation is 1. The molecule has 190 valence electrons. The summed E-state index contributed by atoms with van der Waals surface area (Å²) in [5, 5.41) is 0. The maximum Gasteiger partial charge on any atom is 0.340 e. The molecule has 0 spiro atoms. The number of hydrogen-bond acceptors (Lipinski definition) is 6. The van der Waals surface area contributed by atoms with E-state index in [4.69, 9.17) is 4.74 Å². The lowest BCUT2D eigenvalue weighted by atomic mass is 10.2. The summed E-state index contributed by atoms with van der Waals surface area (Å²) in [6.45, 7) is 2.82. The van der Waals surface area contributed by atoms with Crippen molar-refractivity contribution in [2.45, 2.75) is 17.9 Å². The topological polar surface area (TPSA) is 78.9 Å². The fourth-order valence-electron chi connectivity index (χ4n) is 4.09. The molecular weight excluding hydrogens is 494 g/mol. The average molecular weight is 526 g/mol. The van der Waals surface area contributed by atoms with Crippen LogP contribution in [0.15, 0.2) is 83.8 Å². The van der Waals surface area contributed by atoms with E-state index in [0.29, 0.717) is 26.2 Å². The summed E-state index contributed by atoms with van der Waals surface area (Å²) in [5.41, 5.74) is 2.87. The third-order valence-electron chi connectivity index (χ3n) is 6.06. The number of methoxy groups -OCH3 is 1. The lowest BCUT2D eigenvalue weighted by Crippen LogP contribution is -2.49. The third kappa shape index (κ3) is 7.10. The summed E-state index contributed by atoms with van der Waals surface area (Å²) < 4.78 is 35.2. The largest absolute Gasteiger partial charge is 0.465 e. The van der Waals surface area contributed by atoms with E-state index in [0.717, 1.165) is 23.6 Å². The molecule has 1 heterocycles. The first-order chi connectivity index (χ1) is 17.4. The lowest BCUT2D eigenvalue weighted by molar-refractivity contribution is 0.0601. The van der Waals surface area contributed by atoms with Crippen molar-refractivity contribution in [2.75, 3.05) is 43.8 Å². The van der Waals surface area contributed by atoms with Gasteiger partial charge in [-0.2, -0.15) is 12.7 Å². The van der Waals surface area contributed by atoms with E-state index < -0.39 is 16.2 Å². The van der Waals surface area contributed by atoms with Crippen molar-refractivity contribution >= 4 is 33.6 Å². The van der Waals surface area contributed by atoms with Gasteiger partial charge in [0, 0.05) is 43.4 Å². The number of nitrogens with one attached hydrogen (secondary N) is 1. The molecule has 1 N–H and O–H groups in total. The Morgan fingerprint density at radius 2 is 1.56 bits per heavy atom. The molecule has 7 nitrogen and oxygen atoms in total. The zero-order valence-electron chi connectivity index (χ0n) is 20.3. The molecule has 3 aromatic rings. The Hall–Kier alpha value is -2.85. The van der Waals surface area contributed by atoms with E-state index in [9.17, 15) is 13.2 Å². The first-order valence-corrected chi connectivity index (χ1v) is 14.3. The van der Waals surface area contributed by atoms with Crippen molar-refractivity contribution in [3.8, 4) is 0 Å². The van der Waals surface area contributed by atoms with E-state index in [1.165, 1.54) is 22.5 Å². The van der Waals surface area contributed by atoms with Crippen LogP contribution in [0.25, 0.3) is 0 Å². The molecule has 0 atom stereocenters. The second-order valence-electron chi connectivity index (χ2n) is 8.55. The van der Waals surface area contributed by atoms with Gasteiger partial charge in [-0.15, -0.1) is 11.8 Å². The van der Waals surface area contributed by atoms with Crippen LogP contribution < -0.4 is 4.72 Å². The first-order valence-electron chi connectivity index (χ1n) is 11.9. The van der Waals surface area contributed by atoms with Crippen molar-refractivity contribution in [2.24, 2.45) is 0 Å². The van der Waals surface area contributed by atoms with Crippen LogP contribution in [0.4, 0.5) is 5.69 Å². The fourth-order valence-corrected chi connectivity index (χ4v) is 6.25. The van der Waals surface area contributed by atoms with Gasteiger partial charge in [-0.05, 0) is 35.7 Å². The molecule has 9 heteroatoms. The molecular formula is C27H31N3O4S2. The SMILES string of the molecule is COC(=O)c1cc(SCCc2ccccc2)ccc1NS(=O)(=O)N1CCN(Cc2ccccc2)CC1. The van der Waals surface area contributed by atoms with Crippen LogP contribution in [0.2, 0.25) is 0 Å². The second-order valence-corrected chi connectivity index (χ2v) is 11.4. The van der Waals surface area contributed by atoms with Crippen molar-refractivity contribution < 1.29 is 17.9 Å². The van der Waals surface area contributed by atoms with Gasteiger partial charge in [-0.3, -0.25) is 9.62 Å². The van der Waals surface area contributed by atoms with Crippen LogP contribution in [0.1, 0.15) is 21.5 Å². The standard InChI is InChI=1S/C27H31N3O4S2/c1-34-27(31)25-20-24(35-19-14-22-8-4-2-5-9-22)12-13-26(25)28-36(32,33)30-17-15-29(16-18-30)21-23-10-6-3-7-11-23/h2-13,20,28H,14-19,21H2,1H3. The molecule has 0 unspecified atom stereocenters. The zero-order chi connectivity index (χ0) is 25.4. The summed E-state index contributed by atoms with van der Waals surface area (Å²) in [4.78, 5) is 15.6. The second kappa shape index (κ2) is 12.4. The number of ether oxygens (including phenoxy) is 1. The number of nitrogens with zero attached hydrogens (tertiary/aromatic N) is 2. The molecule has 36 heavy (non-hydrogen) atoms.